The molecule has 1 aliphatic heterocycles. The summed E-state index contributed by atoms with van der Waals surface area (Å²) in [6.07, 6.45) is 3.20. The number of likely N-dealkylation sites (tertiary alicyclic amines) is 1. The van der Waals surface area contributed by atoms with Crippen LogP contribution in [0, 0.1) is 5.92 Å². The van der Waals surface area contributed by atoms with Gasteiger partial charge < -0.3 is 19.4 Å². The number of H-pyrrole nitrogens is 1. The van der Waals surface area contributed by atoms with Gasteiger partial charge in [-0.25, -0.2) is 9.78 Å². The lowest BCUT2D eigenvalue weighted by Gasteiger charge is -2.39. The van der Waals surface area contributed by atoms with Crippen molar-refractivity contribution in [3.05, 3.63) is 126 Å². The quantitative estimate of drug-likeness (QED) is 0.115. The Bertz CT molecular complexity index is 1870. The first-order chi connectivity index (χ1) is 23.9. The Hall–Kier alpha value is -5.09. The lowest BCUT2D eigenvalue weighted by atomic mass is 9.76. The maximum Gasteiger partial charge on any atom is 0.340 e. The minimum Gasteiger partial charge on any atom is -0.497 e. The predicted molar refractivity (Wildman–Crippen MR) is 191 cm³/mol. The minimum atomic E-state index is -0.869. The molecule has 0 aliphatic carbocycles. The van der Waals surface area contributed by atoms with E-state index in [9.17, 15) is 14.4 Å². The Kier molecular flexibility index (Phi) is 10.6. The summed E-state index contributed by atoms with van der Waals surface area (Å²) in [4.78, 5) is 50.8. The second-order valence-corrected chi connectivity index (χ2v) is 13.0. The molecule has 0 bridgehead atoms. The second-order valence-electron chi connectivity index (χ2n) is 12.1. The zero-order chi connectivity index (χ0) is 34.3. The number of pyridine rings is 1. The molecule has 9 nitrogen and oxygen atoms in total. The van der Waals surface area contributed by atoms with Gasteiger partial charge >= 0.3 is 5.97 Å². The fourth-order valence-electron chi connectivity index (χ4n) is 6.56. The van der Waals surface area contributed by atoms with Gasteiger partial charge in [0.25, 0.3) is 5.91 Å². The summed E-state index contributed by atoms with van der Waals surface area (Å²) in [5, 5.41) is 1.07. The number of aromatic amines is 1. The molecule has 0 radical (unpaired) electrons. The van der Waals surface area contributed by atoms with E-state index in [-0.39, 0.29) is 29.0 Å². The zero-order valence-electron chi connectivity index (χ0n) is 27.9. The summed E-state index contributed by atoms with van der Waals surface area (Å²) >= 11 is 0.970. The highest BCUT2D eigenvalue weighted by Crippen LogP contribution is 2.38. The van der Waals surface area contributed by atoms with Gasteiger partial charge in [0.1, 0.15) is 22.5 Å². The molecule has 252 valence electrons. The van der Waals surface area contributed by atoms with Crippen LogP contribution >= 0.6 is 11.9 Å². The first kappa shape index (κ1) is 33.8. The van der Waals surface area contributed by atoms with Crippen LogP contribution in [0.25, 0.3) is 10.9 Å². The van der Waals surface area contributed by atoms with E-state index in [0.29, 0.717) is 30.5 Å². The number of amides is 2. The molecule has 0 spiro atoms. The van der Waals surface area contributed by atoms with Crippen LogP contribution in [0.1, 0.15) is 64.6 Å². The summed E-state index contributed by atoms with van der Waals surface area (Å²) in [6, 6.07) is 30.7. The monoisotopic (exact) mass is 676 g/mol. The van der Waals surface area contributed by atoms with Crippen LogP contribution in [0.2, 0.25) is 0 Å². The van der Waals surface area contributed by atoms with Crippen molar-refractivity contribution in [1.29, 1.82) is 0 Å². The average Bonchev–Trinajstić information content (AvgIpc) is 3.58. The van der Waals surface area contributed by atoms with Crippen molar-refractivity contribution in [2.75, 3.05) is 26.8 Å². The molecule has 3 aromatic carbocycles. The largest absolute Gasteiger partial charge is 0.497 e. The van der Waals surface area contributed by atoms with Crippen LogP contribution in [-0.2, 0) is 9.53 Å². The molecule has 3 heterocycles. The number of carbonyl (C=O) groups is 3. The molecule has 49 heavy (non-hydrogen) atoms. The van der Waals surface area contributed by atoms with Crippen LogP contribution in [-0.4, -0.2) is 69.8 Å². The number of aromatic nitrogens is 2. The van der Waals surface area contributed by atoms with Crippen LogP contribution in [0.5, 0.6) is 5.75 Å². The smallest absolute Gasteiger partial charge is 0.340 e. The van der Waals surface area contributed by atoms with Crippen molar-refractivity contribution in [2.24, 2.45) is 5.92 Å². The van der Waals surface area contributed by atoms with Crippen molar-refractivity contribution in [1.82, 2.24) is 19.2 Å². The molecule has 0 saturated carbocycles. The van der Waals surface area contributed by atoms with E-state index < -0.39 is 17.9 Å². The molecule has 10 heteroatoms. The van der Waals surface area contributed by atoms with Gasteiger partial charge in [-0.15, -0.1) is 0 Å². The molecule has 0 unspecified atom stereocenters. The van der Waals surface area contributed by atoms with E-state index in [1.54, 1.807) is 45.4 Å². The van der Waals surface area contributed by atoms with Crippen molar-refractivity contribution in [3.8, 4) is 5.75 Å². The number of methoxy groups -OCH3 is 1. The van der Waals surface area contributed by atoms with E-state index in [2.05, 4.69) is 58.5 Å². The number of fused-ring (bicyclic) bond motifs is 1. The number of benzene rings is 3. The van der Waals surface area contributed by atoms with E-state index in [1.807, 2.05) is 35.2 Å². The highest BCUT2D eigenvalue weighted by atomic mass is 32.2. The molecule has 1 aliphatic rings. The van der Waals surface area contributed by atoms with Gasteiger partial charge in [0.05, 0.1) is 19.3 Å². The molecular weight excluding hydrogens is 637 g/mol. The summed E-state index contributed by atoms with van der Waals surface area (Å²) in [7, 11) is 1.59. The Balaban J connectivity index is 1.26. The van der Waals surface area contributed by atoms with Crippen LogP contribution < -0.4 is 4.74 Å². The van der Waals surface area contributed by atoms with Crippen LogP contribution in [0.15, 0.2) is 108 Å². The number of piperidine rings is 1. The normalized spacial score (nSPS) is 14.1. The van der Waals surface area contributed by atoms with Gasteiger partial charge in [-0.2, -0.15) is 0 Å². The third kappa shape index (κ3) is 7.49. The molecule has 2 aromatic heterocycles. The molecule has 1 N–H and O–H groups in total. The number of esters is 1. The van der Waals surface area contributed by atoms with Crippen LogP contribution in [0.4, 0.5) is 0 Å². The fourth-order valence-corrected chi connectivity index (χ4v) is 7.54. The number of nitrogens with zero attached hydrogens (tertiary/aromatic N) is 3. The number of rotatable bonds is 11. The van der Waals surface area contributed by atoms with Gasteiger partial charge in [-0.05, 0) is 80.1 Å². The van der Waals surface area contributed by atoms with Gasteiger partial charge in [0.15, 0.2) is 0 Å². The first-order valence-corrected chi connectivity index (χ1v) is 17.3. The lowest BCUT2D eigenvalue weighted by molar-refractivity contribution is -0.135. The number of hydrogen-bond acceptors (Lipinski definition) is 7. The Labute approximate surface area is 290 Å². The molecular formula is C39H40N4O5S. The minimum absolute atomic E-state index is 0.165. The third-order valence-electron chi connectivity index (χ3n) is 9.06. The highest BCUT2D eigenvalue weighted by Gasteiger charge is 2.36. The van der Waals surface area contributed by atoms with E-state index in [4.69, 9.17) is 9.47 Å². The van der Waals surface area contributed by atoms with Gasteiger partial charge in [-0.3, -0.25) is 13.9 Å². The summed E-state index contributed by atoms with van der Waals surface area (Å²) in [6.45, 7) is 4.79. The van der Waals surface area contributed by atoms with Gasteiger partial charge in [-0.1, -0.05) is 60.7 Å². The van der Waals surface area contributed by atoms with E-state index >= 15 is 0 Å². The number of hydrogen-bond donors (Lipinski definition) is 1. The SMILES string of the molecule is CCOC(=O)c1cccnc1SN(C(=O)c1cc2cc(OC)ccc2[nH]1)[C@H](C)C(=O)N1CCC(C(c2ccccc2)c2ccccc2)CC1. The summed E-state index contributed by atoms with van der Waals surface area (Å²) in [5.74, 6) is 0.108. The Morgan fingerprint density at radius 3 is 2.24 bits per heavy atom. The average molecular weight is 677 g/mol. The number of ether oxygens (including phenoxy) is 2. The standard InChI is InChI=1S/C39H40N4O5S/c1-4-48-39(46)32-16-11-21-40-36(32)49-43(38(45)34-25-30-24-31(47-3)17-18-33(30)41-34)26(2)37(44)42-22-19-29(20-23-42)35(27-12-7-5-8-13-27)28-14-9-6-10-15-28/h5-18,21,24-26,29,35,41H,4,19-20,22-23H2,1-3H3/t26-/m1/s1. The first-order valence-electron chi connectivity index (χ1n) is 16.6. The molecule has 2 amide bonds. The van der Waals surface area contributed by atoms with Crippen LogP contribution in [0.3, 0.4) is 0 Å². The maximum atomic E-state index is 14.3. The van der Waals surface area contributed by atoms with Crippen molar-refractivity contribution in [3.63, 3.8) is 0 Å². The highest BCUT2D eigenvalue weighted by molar-refractivity contribution is 7.97. The van der Waals surface area contributed by atoms with Gasteiger partial charge in [0.2, 0.25) is 5.91 Å². The number of nitrogens with one attached hydrogen (secondary N) is 1. The Morgan fingerprint density at radius 1 is 0.939 bits per heavy atom. The summed E-state index contributed by atoms with van der Waals surface area (Å²) in [5.41, 5.74) is 3.82. The predicted octanol–water partition coefficient (Wildman–Crippen LogP) is 7.36. The second kappa shape index (κ2) is 15.4. The topological polar surface area (TPSA) is 105 Å². The lowest BCUT2D eigenvalue weighted by Crippen LogP contribution is -2.49. The summed E-state index contributed by atoms with van der Waals surface area (Å²) < 4.78 is 12.0. The third-order valence-corrected chi connectivity index (χ3v) is 10.2. The maximum absolute atomic E-state index is 14.3. The molecule has 1 saturated heterocycles. The fraction of sp³-hybridized carbons (Fsp3) is 0.282. The molecule has 1 fully saturated rings. The Morgan fingerprint density at radius 2 is 1.61 bits per heavy atom. The van der Waals surface area contributed by atoms with Crippen molar-refractivity contribution in [2.45, 2.75) is 43.7 Å². The zero-order valence-corrected chi connectivity index (χ0v) is 28.7. The molecule has 5 aromatic rings. The molecule has 1 atom stereocenters. The van der Waals surface area contributed by atoms with E-state index in [0.717, 1.165) is 35.7 Å². The molecule has 6 rings (SSSR count). The number of carbonyl (C=O) groups excluding carboxylic acids is 3. The van der Waals surface area contributed by atoms with Crippen molar-refractivity contribution < 1.29 is 23.9 Å². The van der Waals surface area contributed by atoms with E-state index in [1.165, 1.54) is 15.4 Å². The van der Waals surface area contributed by atoms with Gasteiger partial charge in [0, 0.05) is 48.1 Å². The van der Waals surface area contributed by atoms with Crippen molar-refractivity contribution >= 4 is 40.6 Å².